The molecule has 4 N–H and O–H groups in total. The van der Waals surface area contributed by atoms with E-state index in [1.807, 2.05) is 6.08 Å². The van der Waals surface area contributed by atoms with E-state index in [0.29, 0.717) is 12.0 Å². The van der Waals surface area contributed by atoms with Gasteiger partial charge in [-0.05, 0) is 24.8 Å². The standard InChI is InChI=1S/C14H18N2O6/c17-7-9-11(19)12(20)14(22-9,8-3-1-2-4-8)16-6-5-10(18)15-13(16)21/h3,5-6,9,11-12,17,19-20H,1-2,4,7H2,(H,15,18,21)/t9-,11-,12-,14-/m1/s1. The molecule has 2 heterocycles. The third-order valence-corrected chi connectivity index (χ3v) is 4.30. The number of H-pyrrole nitrogens is 1. The highest BCUT2D eigenvalue weighted by Crippen LogP contribution is 2.44. The smallest absolute Gasteiger partial charge is 0.331 e. The molecular formula is C14H18N2O6. The van der Waals surface area contributed by atoms with Crippen molar-refractivity contribution in [3.05, 3.63) is 44.8 Å². The highest BCUT2D eigenvalue weighted by atomic mass is 16.6. The Morgan fingerprint density at radius 1 is 1.41 bits per heavy atom. The van der Waals surface area contributed by atoms with E-state index in [1.54, 1.807) is 0 Å². The Morgan fingerprint density at radius 3 is 2.73 bits per heavy atom. The van der Waals surface area contributed by atoms with Crippen molar-refractivity contribution in [3.63, 3.8) is 0 Å². The SMILES string of the molecule is O=c1ccn([C@]2(C3=CCCC3)O[C@H](CO)[C@@H](O)[C@H]2O)c(=O)[nH]1. The lowest BCUT2D eigenvalue weighted by atomic mass is 9.93. The topological polar surface area (TPSA) is 125 Å². The van der Waals surface area contributed by atoms with E-state index >= 15 is 0 Å². The van der Waals surface area contributed by atoms with Crippen molar-refractivity contribution in [2.45, 2.75) is 43.3 Å². The Morgan fingerprint density at radius 2 is 2.18 bits per heavy atom. The summed E-state index contributed by atoms with van der Waals surface area (Å²) in [6, 6.07) is 1.15. The second kappa shape index (κ2) is 5.47. The molecule has 0 saturated carbocycles. The summed E-state index contributed by atoms with van der Waals surface area (Å²) in [5, 5.41) is 30.0. The molecule has 1 aliphatic heterocycles. The van der Waals surface area contributed by atoms with Crippen LogP contribution in [0.25, 0.3) is 0 Å². The van der Waals surface area contributed by atoms with Gasteiger partial charge in [-0.15, -0.1) is 0 Å². The highest BCUT2D eigenvalue weighted by molar-refractivity contribution is 5.24. The van der Waals surface area contributed by atoms with E-state index < -0.39 is 41.9 Å². The molecule has 22 heavy (non-hydrogen) atoms. The fourth-order valence-electron chi connectivity index (χ4n) is 3.24. The monoisotopic (exact) mass is 310 g/mol. The zero-order valence-corrected chi connectivity index (χ0v) is 11.8. The number of aromatic nitrogens is 2. The Kier molecular flexibility index (Phi) is 3.77. The van der Waals surface area contributed by atoms with Crippen LogP contribution in [0.1, 0.15) is 19.3 Å². The molecule has 1 aliphatic carbocycles. The summed E-state index contributed by atoms with van der Waals surface area (Å²) in [6.45, 7) is -0.495. The van der Waals surface area contributed by atoms with Crippen LogP contribution in [0.4, 0.5) is 0 Å². The predicted molar refractivity (Wildman–Crippen MR) is 75.2 cm³/mol. The molecule has 8 nitrogen and oxygen atoms in total. The van der Waals surface area contributed by atoms with Crippen LogP contribution in [0.5, 0.6) is 0 Å². The Hall–Kier alpha value is -1.74. The van der Waals surface area contributed by atoms with Crippen molar-refractivity contribution in [2.75, 3.05) is 6.61 Å². The van der Waals surface area contributed by atoms with Gasteiger partial charge in [-0.1, -0.05) is 6.08 Å². The fourth-order valence-corrected chi connectivity index (χ4v) is 3.24. The second-order valence-corrected chi connectivity index (χ2v) is 5.57. The summed E-state index contributed by atoms with van der Waals surface area (Å²) >= 11 is 0. The van der Waals surface area contributed by atoms with Crippen LogP contribution in [0.15, 0.2) is 33.5 Å². The number of ether oxygens (including phenoxy) is 1. The lowest BCUT2D eigenvalue weighted by Crippen LogP contribution is -2.52. The molecule has 1 aromatic heterocycles. The molecule has 1 aromatic rings. The molecule has 0 radical (unpaired) electrons. The van der Waals surface area contributed by atoms with Gasteiger partial charge in [-0.3, -0.25) is 14.3 Å². The maximum atomic E-state index is 12.2. The van der Waals surface area contributed by atoms with Gasteiger partial charge in [0.05, 0.1) is 6.61 Å². The Balaban J connectivity index is 2.20. The number of hydrogen-bond donors (Lipinski definition) is 4. The van der Waals surface area contributed by atoms with Crippen LogP contribution in [0.2, 0.25) is 0 Å². The molecule has 120 valence electrons. The zero-order chi connectivity index (χ0) is 15.9. The van der Waals surface area contributed by atoms with Crippen molar-refractivity contribution in [2.24, 2.45) is 0 Å². The van der Waals surface area contributed by atoms with Gasteiger partial charge in [0.15, 0.2) is 5.72 Å². The Labute approximate surface area is 125 Å². The molecule has 8 heteroatoms. The van der Waals surface area contributed by atoms with Gasteiger partial charge in [0.25, 0.3) is 5.56 Å². The summed E-state index contributed by atoms with van der Waals surface area (Å²) in [4.78, 5) is 25.6. The van der Waals surface area contributed by atoms with Crippen LogP contribution in [-0.2, 0) is 10.5 Å². The molecule has 0 unspecified atom stereocenters. The van der Waals surface area contributed by atoms with Gasteiger partial charge in [0, 0.05) is 12.3 Å². The van der Waals surface area contributed by atoms with Crippen molar-refractivity contribution in [1.82, 2.24) is 9.55 Å². The summed E-state index contributed by atoms with van der Waals surface area (Å²) in [7, 11) is 0. The molecule has 1 saturated heterocycles. The number of nitrogens with zero attached hydrogens (tertiary/aromatic N) is 1. The van der Waals surface area contributed by atoms with Crippen molar-refractivity contribution in [3.8, 4) is 0 Å². The molecule has 0 aromatic carbocycles. The van der Waals surface area contributed by atoms with E-state index in [9.17, 15) is 24.9 Å². The molecule has 1 fully saturated rings. The summed E-state index contributed by atoms with van der Waals surface area (Å²) in [5.41, 5.74) is -2.26. The van der Waals surface area contributed by atoms with E-state index in [4.69, 9.17) is 4.74 Å². The van der Waals surface area contributed by atoms with Crippen molar-refractivity contribution in [1.29, 1.82) is 0 Å². The average molecular weight is 310 g/mol. The van der Waals surface area contributed by atoms with Crippen LogP contribution in [0.3, 0.4) is 0 Å². The van der Waals surface area contributed by atoms with E-state index in [-0.39, 0.29) is 0 Å². The summed E-state index contributed by atoms with van der Waals surface area (Å²) in [6.07, 6.45) is 1.49. The molecule has 3 rings (SSSR count). The molecule has 0 bridgehead atoms. The fraction of sp³-hybridized carbons (Fsp3) is 0.571. The van der Waals surface area contributed by atoms with E-state index in [2.05, 4.69) is 4.98 Å². The van der Waals surface area contributed by atoms with Crippen LogP contribution < -0.4 is 11.2 Å². The molecule has 2 aliphatic rings. The third-order valence-electron chi connectivity index (χ3n) is 4.30. The van der Waals surface area contributed by atoms with Crippen LogP contribution >= 0.6 is 0 Å². The van der Waals surface area contributed by atoms with Gasteiger partial charge in [0.1, 0.15) is 18.3 Å². The van der Waals surface area contributed by atoms with Gasteiger partial charge in [0.2, 0.25) is 0 Å². The number of nitrogens with one attached hydrogen (secondary N) is 1. The van der Waals surface area contributed by atoms with E-state index in [0.717, 1.165) is 23.5 Å². The first kappa shape index (κ1) is 15.2. The minimum Gasteiger partial charge on any atom is -0.394 e. The lowest BCUT2D eigenvalue weighted by molar-refractivity contribution is -0.124. The van der Waals surface area contributed by atoms with Gasteiger partial charge >= 0.3 is 5.69 Å². The second-order valence-electron chi connectivity index (χ2n) is 5.57. The molecular weight excluding hydrogens is 292 g/mol. The van der Waals surface area contributed by atoms with Crippen LogP contribution in [-0.4, -0.2) is 49.8 Å². The molecule has 4 atom stereocenters. The van der Waals surface area contributed by atoms with Gasteiger partial charge in [-0.2, -0.15) is 0 Å². The van der Waals surface area contributed by atoms with Gasteiger partial charge in [-0.25, -0.2) is 4.79 Å². The number of aliphatic hydroxyl groups is 3. The first-order chi connectivity index (χ1) is 10.5. The maximum absolute atomic E-state index is 12.2. The van der Waals surface area contributed by atoms with Crippen LogP contribution in [0, 0.1) is 0 Å². The third kappa shape index (κ3) is 2.07. The first-order valence-electron chi connectivity index (χ1n) is 7.17. The lowest BCUT2D eigenvalue weighted by Gasteiger charge is -2.35. The minimum atomic E-state index is -1.61. The average Bonchev–Trinajstić information content (AvgIpc) is 3.10. The molecule has 0 amide bonds. The van der Waals surface area contributed by atoms with E-state index in [1.165, 1.54) is 6.20 Å². The van der Waals surface area contributed by atoms with Crippen molar-refractivity contribution >= 4 is 0 Å². The first-order valence-corrected chi connectivity index (χ1v) is 7.17. The zero-order valence-electron chi connectivity index (χ0n) is 11.8. The number of aliphatic hydroxyl groups excluding tert-OH is 3. The minimum absolute atomic E-state index is 0.495. The highest BCUT2D eigenvalue weighted by Gasteiger charge is 2.57. The number of aromatic amines is 1. The maximum Gasteiger partial charge on any atom is 0.331 e. The quantitative estimate of drug-likeness (QED) is 0.499. The largest absolute Gasteiger partial charge is 0.394 e. The van der Waals surface area contributed by atoms with Crippen molar-refractivity contribution < 1.29 is 20.1 Å². The summed E-state index contributed by atoms with van der Waals surface area (Å²) in [5.74, 6) is 0. The number of hydrogen-bond acceptors (Lipinski definition) is 6. The summed E-state index contributed by atoms with van der Waals surface area (Å²) < 4.78 is 6.81. The molecule has 0 spiro atoms. The predicted octanol–water partition coefficient (Wildman–Crippen LogP) is -1.59. The van der Waals surface area contributed by atoms with Gasteiger partial charge < -0.3 is 20.1 Å². The number of rotatable bonds is 3. The Bertz CT molecular complexity index is 708. The number of allylic oxidation sites excluding steroid dienone is 1. The normalized spacial score (nSPS) is 34.9.